The second-order valence-corrected chi connectivity index (χ2v) is 4.00. The minimum absolute atomic E-state index is 0.193. The maximum absolute atomic E-state index is 13.5. The first-order valence-corrected chi connectivity index (χ1v) is 5.97. The van der Waals surface area contributed by atoms with Gasteiger partial charge in [-0.2, -0.15) is 5.26 Å². The van der Waals surface area contributed by atoms with E-state index in [9.17, 15) is 13.6 Å². The molecule has 0 heterocycles. The molecule has 0 aliphatic heterocycles. The molecule has 21 heavy (non-hydrogen) atoms. The lowest BCUT2D eigenvalue weighted by molar-refractivity contribution is 0.102. The number of carbonyl (C=O) groups excluding carboxylic acids is 1. The predicted molar refractivity (Wildman–Crippen MR) is 71.9 cm³/mol. The number of hydrogen-bond donors (Lipinski definition) is 1. The Morgan fingerprint density at radius 2 is 1.95 bits per heavy atom. The summed E-state index contributed by atoms with van der Waals surface area (Å²) in [6, 6.07) is 11.5. The molecular formula is C15H10F2N2O2. The van der Waals surface area contributed by atoms with Crippen molar-refractivity contribution in [2.75, 3.05) is 11.9 Å². The van der Waals surface area contributed by atoms with E-state index in [0.29, 0.717) is 0 Å². The highest BCUT2D eigenvalue weighted by atomic mass is 19.2. The van der Waals surface area contributed by atoms with Gasteiger partial charge in [-0.1, -0.05) is 18.2 Å². The van der Waals surface area contributed by atoms with Crippen LogP contribution in [0.1, 0.15) is 10.4 Å². The zero-order valence-corrected chi connectivity index (χ0v) is 10.8. The standard InChI is InChI=1S/C15H10F2N2O2/c16-11-5-3-4-10(14(11)17)15(20)19-12-6-1-2-7-13(12)21-9-8-18/h1-7H,9H2,(H,19,20). The number of amides is 1. The van der Waals surface area contributed by atoms with Gasteiger partial charge in [0.25, 0.3) is 5.91 Å². The third-order valence-corrected chi connectivity index (χ3v) is 2.62. The van der Waals surface area contributed by atoms with E-state index >= 15 is 0 Å². The molecule has 4 nitrogen and oxygen atoms in total. The van der Waals surface area contributed by atoms with Gasteiger partial charge >= 0.3 is 0 Å². The molecule has 106 valence electrons. The number of carbonyl (C=O) groups is 1. The van der Waals surface area contributed by atoms with E-state index in [4.69, 9.17) is 10.00 Å². The van der Waals surface area contributed by atoms with E-state index in [-0.39, 0.29) is 18.0 Å². The fourth-order valence-electron chi connectivity index (χ4n) is 1.67. The molecule has 1 amide bonds. The molecule has 2 aromatic rings. The van der Waals surface area contributed by atoms with Crippen LogP contribution < -0.4 is 10.1 Å². The summed E-state index contributed by atoms with van der Waals surface area (Å²) in [6.07, 6.45) is 0. The van der Waals surface area contributed by atoms with Crippen molar-refractivity contribution in [3.63, 3.8) is 0 Å². The minimum atomic E-state index is -1.22. The first-order chi connectivity index (χ1) is 10.1. The summed E-state index contributed by atoms with van der Waals surface area (Å²) in [7, 11) is 0. The third kappa shape index (κ3) is 3.34. The van der Waals surface area contributed by atoms with Gasteiger partial charge in [0.15, 0.2) is 18.2 Å². The lowest BCUT2D eigenvalue weighted by Crippen LogP contribution is -2.15. The van der Waals surface area contributed by atoms with Crippen LogP contribution in [0, 0.1) is 23.0 Å². The van der Waals surface area contributed by atoms with Crippen molar-refractivity contribution in [2.45, 2.75) is 0 Å². The summed E-state index contributed by atoms with van der Waals surface area (Å²) in [6.45, 7) is -0.193. The van der Waals surface area contributed by atoms with Gasteiger partial charge in [0.1, 0.15) is 11.8 Å². The Bertz CT molecular complexity index is 711. The topological polar surface area (TPSA) is 62.1 Å². The van der Waals surface area contributed by atoms with E-state index in [1.807, 2.05) is 0 Å². The maximum Gasteiger partial charge on any atom is 0.258 e. The first kappa shape index (κ1) is 14.5. The number of nitrogens with zero attached hydrogens (tertiary/aromatic N) is 1. The van der Waals surface area contributed by atoms with E-state index in [1.54, 1.807) is 24.3 Å². The van der Waals surface area contributed by atoms with Crippen molar-refractivity contribution < 1.29 is 18.3 Å². The number of para-hydroxylation sites is 2. The summed E-state index contributed by atoms with van der Waals surface area (Å²) in [5, 5.41) is 10.9. The van der Waals surface area contributed by atoms with Crippen molar-refractivity contribution in [1.29, 1.82) is 5.26 Å². The number of rotatable bonds is 4. The van der Waals surface area contributed by atoms with E-state index < -0.39 is 23.1 Å². The summed E-state index contributed by atoms with van der Waals surface area (Å²) >= 11 is 0. The highest BCUT2D eigenvalue weighted by Gasteiger charge is 2.16. The van der Waals surface area contributed by atoms with Gasteiger partial charge in [-0.25, -0.2) is 8.78 Å². The summed E-state index contributed by atoms with van der Waals surface area (Å²) in [4.78, 5) is 12.0. The second-order valence-electron chi connectivity index (χ2n) is 4.00. The fraction of sp³-hybridized carbons (Fsp3) is 0.0667. The molecule has 0 bridgehead atoms. The Balaban J connectivity index is 2.24. The van der Waals surface area contributed by atoms with Crippen LogP contribution in [0.5, 0.6) is 5.75 Å². The average Bonchev–Trinajstić information content (AvgIpc) is 2.49. The van der Waals surface area contributed by atoms with Gasteiger partial charge in [0.2, 0.25) is 0 Å². The third-order valence-electron chi connectivity index (χ3n) is 2.62. The average molecular weight is 288 g/mol. The number of nitrogens with one attached hydrogen (secondary N) is 1. The number of anilines is 1. The van der Waals surface area contributed by atoms with Crippen LogP contribution in [0.3, 0.4) is 0 Å². The first-order valence-electron chi connectivity index (χ1n) is 5.97. The van der Waals surface area contributed by atoms with Crippen LogP contribution in [0.15, 0.2) is 42.5 Å². The highest BCUT2D eigenvalue weighted by molar-refractivity contribution is 6.05. The lowest BCUT2D eigenvalue weighted by Gasteiger charge is -2.11. The van der Waals surface area contributed by atoms with Crippen LogP contribution in [0.4, 0.5) is 14.5 Å². The molecule has 0 aromatic heterocycles. The van der Waals surface area contributed by atoms with Crippen molar-refractivity contribution in [3.8, 4) is 11.8 Å². The van der Waals surface area contributed by atoms with Crippen molar-refractivity contribution in [3.05, 3.63) is 59.7 Å². The van der Waals surface area contributed by atoms with Gasteiger partial charge in [0, 0.05) is 0 Å². The van der Waals surface area contributed by atoms with Gasteiger partial charge in [-0.15, -0.1) is 0 Å². The molecule has 0 saturated heterocycles. The van der Waals surface area contributed by atoms with E-state index in [2.05, 4.69) is 5.32 Å². The van der Waals surface area contributed by atoms with Crippen molar-refractivity contribution in [1.82, 2.24) is 0 Å². The highest BCUT2D eigenvalue weighted by Crippen LogP contribution is 2.24. The number of halogens is 2. The molecule has 0 spiro atoms. The monoisotopic (exact) mass is 288 g/mol. The fourth-order valence-corrected chi connectivity index (χ4v) is 1.67. The Labute approximate surface area is 119 Å². The summed E-state index contributed by atoms with van der Waals surface area (Å²) in [5.41, 5.74) is -0.147. The molecular weight excluding hydrogens is 278 g/mol. The number of nitriles is 1. The Hall–Kier alpha value is -2.94. The largest absolute Gasteiger partial charge is 0.477 e. The molecule has 0 fully saturated rings. The van der Waals surface area contributed by atoms with E-state index in [0.717, 1.165) is 6.07 Å². The minimum Gasteiger partial charge on any atom is -0.477 e. The molecule has 0 aliphatic carbocycles. The molecule has 6 heteroatoms. The number of benzene rings is 2. The summed E-state index contributed by atoms with van der Waals surface area (Å²) < 4.78 is 31.8. The molecule has 0 saturated carbocycles. The zero-order chi connectivity index (χ0) is 15.2. The van der Waals surface area contributed by atoms with Gasteiger partial charge in [-0.3, -0.25) is 4.79 Å². The normalized spacial score (nSPS) is 9.76. The Kier molecular flexibility index (Phi) is 4.46. The van der Waals surface area contributed by atoms with Crippen molar-refractivity contribution in [2.24, 2.45) is 0 Å². The van der Waals surface area contributed by atoms with Crippen LogP contribution in [0.2, 0.25) is 0 Å². The molecule has 2 aromatic carbocycles. The lowest BCUT2D eigenvalue weighted by atomic mass is 10.2. The second kappa shape index (κ2) is 6.48. The number of ether oxygens (including phenoxy) is 1. The van der Waals surface area contributed by atoms with Crippen molar-refractivity contribution >= 4 is 11.6 Å². The quantitative estimate of drug-likeness (QED) is 0.940. The molecule has 2 rings (SSSR count). The van der Waals surface area contributed by atoms with Crippen LogP contribution in [-0.2, 0) is 0 Å². The van der Waals surface area contributed by atoms with Crippen LogP contribution in [0.25, 0.3) is 0 Å². The van der Waals surface area contributed by atoms with Gasteiger partial charge in [-0.05, 0) is 24.3 Å². The van der Waals surface area contributed by atoms with Crippen LogP contribution in [-0.4, -0.2) is 12.5 Å². The molecule has 0 radical (unpaired) electrons. The number of hydrogen-bond acceptors (Lipinski definition) is 3. The van der Waals surface area contributed by atoms with E-state index in [1.165, 1.54) is 18.2 Å². The SMILES string of the molecule is N#CCOc1ccccc1NC(=O)c1cccc(F)c1F. The zero-order valence-electron chi connectivity index (χ0n) is 10.8. The molecule has 0 unspecified atom stereocenters. The van der Waals surface area contributed by atoms with Gasteiger partial charge in [0.05, 0.1) is 11.3 Å². The van der Waals surface area contributed by atoms with Gasteiger partial charge < -0.3 is 10.1 Å². The molecule has 0 aliphatic rings. The van der Waals surface area contributed by atoms with Crippen LogP contribution >= 0.6 is 0 Å². The summed E-state index contributed by atoms with van der Waals surface area (Å²) in [5.74, 6) is -2.86. The predicted octanol–water partition coefficient (Wildman–Crippen LogP) is 3.12. The molecule has 1 N–H and O–H groups in total. The maximum atomic E-state index is 13.5. The molecule has 0 atom stereocenters. The smallest absolute Gasteiger partial charge is 0.258 e. The Morgan fingerprint density at radius 3 is 2.71 bits per heavy atom. The Morgan fingerprint density at radius 1 is 1.19 bits per heavy atom.